The highest BCUT2D eigenvalue weighted by Crippen LogP contribution is 2.53. The van der Waals surface area contributed by atoms with Crippen molar-refractivity contribution in [3.05, 3.63) is 0 Å². The molecule has 1 nitrogen and oxygen atoms in total. The summed E-state index contributed by atoms with van der Waals surface area (Å²) in [5.74, 6) is 1.69. The standard InChI is InChI=1S/C20H42O/c1-15(2)11-12-16(3)17(13-21)20(10,19(7,8)9)14-18(4,5)6/h15-17,21H,11-14H2,1-10H3. The van der Waals surface area contributed by atoms with Crippen molar-refractivity contribution in [3.63, 3.8) is 0 Å². The molecule has 0 saturated carbocycles. The zero-order chi connectivity index (χ0) is 17.1. The molecule has 0 radical (unpaired) electrons. The van der Waals surface area contributed by atoms with Crippen LogP contribution in [0.5, 0.6) is 0 Å². The lowest BCUT2D eigenvalue weighted by molar-refractivity contribution is -0.0555. The van der Waals surface area contributed by atoms with E-state index in [1.54, 1.807) is 0 Å². The Morgan fingerprint density at radius 2 is 1.29 bits per heavy atom. The molecule has 0 amide bonds. The Balaban J connectivity index is 5.36. The molecule has 21 heavy (non-hydrogen) atoms. The molecule has 0 heterocycles. The third kappa shape index (κ3) is 6.30. The fourth-order valence-corrected chi connectivity index (χ4v) is 3.86. The quantitative estimate of drug-likeness (QED) is 0.597. The van der Waals surface area contributed by atoms with E-state index >= 15 is 0 Å². The molecule has 0 spiro atoms. The minimum Gasteiger partial charge on any atom is -0.396 e. The molecular formula is C20H42O. The average molecular weight is 299 g/mol. The highest BCUT2D eigenvalue weighted by molar-refractivity contribution is 4.96. The van der Waals surface area contributed by atoms with Crippen LogP contribution in [0.4, 0.5) is 0 Å². The summed E-state index contributed by atoms with van der Waals surface area (Å²) in [4.78, 5) is 0. The predicted octanol–water partition coefficient (Wildman–Crippen LogP) is 6.16. The second-order valence-electron chi connectivity index (χ2n) is 10.1. The minimum absolute atomic E-state index is 0.149. The average Bonchev–Trinajstić information content (AvgIpc) is 2.23. The van der Waals surface area contributed by atoms with Crippen LogP contribution >= 0.6 is 0 Å². The molecular weight excluding hydrogens is 256 g/mol. The van der Waals surface area contributed by atoms with E-state index in [-0.39, 0.29) is 16.2 Å². The highest BCUT2D eigenvalue weighted by Gasteiger charge is 2.47. The van der Waals surface area contributed by atoms with E-state index in [1.807, 2.05) is 0 Å². The van der Waals surface area contributed by atoms with Gasteiger partial charge in [-0.2, -0.15) is 0 Å². The van der Waals surface area contributed by atoms with Crippen LogP contribution in [0.2, 0.25) is 0 Å². The largest absolute Gasteiger partial charge is 0.396 e. The van der Waals surface area contributed by atoms with Gasteiger partial charge in [0.15, 0.2) is 0 Å². The van der Waals surface area contributed by atoms with Crippen molar-refractivity contribution in [1.82, 2.24) is 0 Å². The normalized spacial score (nSPS) is 19.4. The highest BCUT2D eigenvalue weighted by atomic mass is 16.3. The summed E-state index contributed by atoms with van der Waals surface area (Å²) in [5, 5.41) is 10.2. The fourth-order valence-electron chi connectivity index (χ4n) is 3.86. The van der Waals surface area contributed by atoms with E-state index < -0.39 is 0 Å². The van der Waals surface area contributed by atoms with Gasteiger partial charge in [0, 0.05) is 6.61 Å². The molecule has 3 atom stereocenters. The Hall–Kier alpha value is -0.0400. The van der Waals surface area contributed by atoms with Crippen molar-refractivity contribution in [2.75, 3.05) is 6.61 Å². The van der Waals surface area contributed by atoms with Gasteiger partial charge in [-0.1, -0.05) is 82.1 Å². The third-order valence-corrected chi connectivity index (χ3v) is 5.51. The topological polar surface area (TPSA) is 20.2 Å². The Morgan fingerprint density at radius 3 is 1.57 bits per heavy atom. The summed E-state index contributed by atoms with van der Waals surface area (Å²) >= 11 is 0. The monoisotopic (exact) mass is 298 g/mol. The van der Waals surface area contributed by atoms with Gasteiger partial charge in [0.2, 0.25) is 0 Å². The first kappa shape index (κ1) is 21.0. The lowest BCUT2D eigenvalue weighted by atomic mass is 9.53. The van der Waals surface area contributed by atoms with Crippen LogP contribution in [0, 0.1) is 34.0 Å². The van der Waals surface area contributed by atoms with E-state index in [0.29, 0.717) is 18.4 Å². The number of aliphatic hydroxyl groups is 1. The number of aliphatic hydroxyl groups excluding tert-OH is 1. The Bertz CT molecular complexity index is 292. The van der Waals surface area contributed by atoms with E-state index in [9.17, 15) is 5.11 Å². The van der Waals surface area contributed by atoms with Crippen LogP contribution in [-0.4, -0.2) is 11.7 Å². The lowest BCUT2D eigenvalue weighted by Crippen LogP contribution is -2.46. The zero-order valence-electron chi connectivity index (χ0n) is 16.5. The van der Waals surface area contributed by atoms with Crippen LogP contribution in [0.15, 0.2) is 0 Å². The second-order valence-corrected chi connectivity index (χ2v) is 10.1. The number of hydrogen-bond acceptors (Lipinski definition) is 1. The summed E-state index contributed by atoms with van der Waals surface area (Å²) in [5.41, 5.74) is 0.628. The maximum atomic E-state index is 10.2. The number of hydrogen-bond donors (Lipinski definition) is 1. The first-order valence-electron chi connectivity index (χ1n) is 8.85. The van der Waals surface area contributed by atoms with Crippen LogP contribution in [0.1, 0.15) is 88.5 Å². The molecule has 0 aliphatic carbocycles. The van der Waals surface area contributed by atoms with Crippen molar-refractivity contribution in [2.24, 2.45) is 34.0 Å². The summed E-state index contributed by atoms with van der Waals surface area (Å²) in [7, 11) is 0. The molecule has 0 aromatic rings. The van der Waals surface area contributed by atoms with E-state index in [0.717, 1.165) is 12.3 Å². The molecule has 0 bridgehead atoms. The van der Waals surface area contributed by atoms with Crippen molar-refractivity contribution < 1.29 is 5.11 Å². The van der Waals surface area contributed by atoms with Gasteiger partial charge in [-0.3, -0.25) is 0 Å². The maximum Gasteiger partial charge on any atom is 0.0467 e. The molecule has 1 heteroatoms. The van der Waals surface area contributed by atoms with Crippen molar-refractivity contribution in [2.45, 2.75) is 88.5 Å². The second kappa shape index (κ2) is 7.49. The molecule has 0 fully saturated rings. The Morgan fingerprint density at radius 1 is 0.810 bits per heavy atom. The Kier molecular flexibility index (Phi) is 7.47. The number of rotatable bonds is 7. The Labute approximate surface area is 134 Å². The van der Waals surface area contributed by atoms with Gasteiger partial charge in [-0.15, -0.1) is 0 Å². The summed E-state index contributed by atoms with van der Waals surface area (Å²) < 4.78 is 0. The lowest BCUT2D eigenvalue weighted by Gasteiger charge is -2.52. The SMILES string of the molecule is CC(C)CCC(C)C(CO)C(C)(CC(C)(C)C)C(C)(C)C. The summed E-state index contributed by atoms with van der Waals surface area (Å²) in [6.45, 7) is 23.6. The molecule has 0 saturated heterocycles. The van der Waals surface area contributed by atoms with Gasteiger partial charge >= 0.3 is 0 Å². The van der Waals surface area contributed by atoms with Crippen LogP contribution in [-0.2, 0) is 0 Å². The van der Waals surface area contributed by atoms with Crippen molar-refractivity contribution in [1.29, 1.82) is 0 Å². The third-order valence-electron chi connectivity index (χ3n) is 5.51. The summed E-state index contributed by atoms with van der Waals surface area (Å²) in [6.07, 6.45) is 3.63. The first-order valence-corrected chi connectivity index (χ1v) is 8.85. The summed E-state index contributed by atoms with van der Waals surface area (Å²) in [6, 6.07) is 0. The van der Waals surface area contributed by atoms with Crippen LogP contribution in [0.25, 0.3) is 0 Å². The molecule has 1 N–H and O–H groups in total. The van der Waals surface area contributed by atoms with Gasteiger partial charge in [-0.25, -0.2) is 0 Å². The molecule has 0 rings (SSSR count). The van der Waals surface area contributed by atoms with E-state index in [2.05, 4.69) is 69.2 Å². The molecule has 3 unspecified atom stereocenters. The fraction of sp³-hybridized carbons (Fsp3) is 1.00. The van der Waals surface area contributed by atoms with Crippen molar-refractivity contribution in [3.8, 4) is 0 Å². The van der Waals surface area contributed by atoms with Crippen LogP contribution < -0.4 is 0 Å². The zero-order valence-corrected chi connectivity index (χ0v) is 16.5. The van der Waals surface area contributed by atoms with Gasteiger partial charge in [0.25, 0.3) is 0 Å². The van der Waals surface area contributed by atoms with Gasteiger partial charge < -0.3 is 5.11 Å². The van der Waals surface area contributed by atoms with Gasteiger partial charge in [0.1, 0.15) is 0 Å². The predicted molar refractivity (Wildman–Crippen MR) is 95.4 cm³/mol. The molecule has 0 aliphatic heterocycles. The molecule has 0 aromatic carbocycles. The van der Waals surface area contributed by atoms with Gasteiger partial charge in [0.05, 0.1) is 0 Å². The van der Waals surface area contributed by atoms with Crippen molar-refractivity contribution >= 4 is 0 Å². The molecule has 0 aromatic heterocycles. The first-order chi connectivity index (χ1) is 9.24. The molecule has 0 aliphatic rings. The maximum absolute atomic E-state index is 10.2. The van der Waals surface area contributed by atoms with E-state index in [4.69, 9.17) is 0 Å². The van der Waals surface area contributed by atoms with E-state index in [1.165, 1.54) is 12.8 Å². The minimum atomic E-state index is 0.149. The van der Waals surface area contributed by atoms with Gasteiger partial charge in [-0.05, 0) is 40.4 Å². The smallest absolute Gasteiger partial charge is 0.0467 e. The molecule has 128 valence electrons. The van der Waals surface area contributed by atoms with Crippen LogP contribution in [0.3, 0.4) is 0 Å².